The number of carbonyl (C=O) groups is 1. The summed E-state index contributed by atoms with van der Waals surface area (Å²) < 4.78 is 11.1. The van der Waals surface area contributed by atoms with Gasteiger partial charge in [0.25, 0.3) is 11.8 Å². The summed E-state index contributed by atoms with van der Waals surface area (Å²) in [6.07, 6.45) is 1.30. The van der Waals surface area contributed by atoms with Crippen molar-refractivity contribution in [3.05, 3.63) is 35.6 Å². The number of anilines is 1. The number of hydrogen-bond donors (Lipinski definition) is 1. The monoisotopic (exact) mass is 331 g/mol. The summed E-state index contributed by atoms with van der Waals surface area (Å²) in [4.78, 5) is 22.6. The number of aromatic nitrogens is 3. The minimum Gasteiger partial charge on any atom is -0.362 e. The smallest absolute Gasteiger partial charge is 0.257 e. The molecule has 1 aliphatic rings. The fourth-order valence-corrected chi connectivity index (χ4v) is 2.69. The van der Waals surface area contributed by atoms with Crippen molar-refractivity contribution in [1.82, 2.24) is 20.4 Å². The molecule has 0 spiro atoms. The van der Waals surface area contributed by atoms with Gasteiger partial charge in [0.1, 0.15) is 5.82 Å². The number of nitrogens with one attached hydrogen (secondary N) is 1. The summed E-state index contributed by atoms with van der Waals surface area (Å²) in [5.41, 5.74) is 0.547. The van der Waals surface area contributed by atoms with Gasteiger partial charge in [-0.2, -0.15) is 4.98 Å². The molecule has 2 atom stereocenters. The Morgan fingerprint density at radius 1 is 1.42 bits per heavy atom. The molecule has 3 rings (SSSR count). The predicted octanol–water partition coefficient (Wildman–Crippen LogP) is 1.49. The number of amides is 1. The van der Waals surface area contributed by atoms with Gasteiger partial charge in [-0.3, -0.25) is 4.79 Å². The number of carbonyl (C=O) groups excluding carboxylic acids is 1. The molecule has 0 unspecified atom stereocenters. The first-order valence-electron chi connectivity index (χ1n) is 8.01. The minimum atomic E-state index is -0.292. The van der Waals surface area contributed by atoms with Crippen molar-refractivity contribution < 1.29 is 14.1 Å². The largest absolute Gasteiger partial charge is 0.362 e. The molecule has 0 aliphatic carbocycles. The molecule has 3 heterocycles. The second-order valence-corrected chi connectivity index (χ2v) is 5.78. The maximum Gasteiger partial charge on any atom is 0.257 e. The van der Waals surface area contributed by atoms with Gasteiger partial charge >= 0.3 is 0 Å². The van der Waals surface area contributed by atoms with Crippen LogP contribution in [0.1, 0.15) is 42.0 Å². The topological polar surface area (TPSA) is 93.4 Å². The zero-order valence-corrected chi connectivity index (χ0v) is 14.0. The molecule has 0 bridgehead atoms. The van der Waals surface area contributed by atoms with Crippen LogP contribution in [0.4, 0.5) is 5.82 Å². The molecule has 24 heavy (non-hydrogen) atoms. The Morgan fingerprint density at radius 3 is 2.88 bits per heavy atom. The highest BCUT2D eigenvalue weighted by Gasteiger charge is 2.31. The van der Waals surface area contributed by atoms with Crippen molar-refractivity contribution >= 4 is 11.7 Å². The van der Waals surface area contributed by atoms with Gasteiger partial charge in [-0.05, 0) is 32.9 Å². The van der Waals surface area contributed by atoms with Crippen molar-refractivity contribution in [3.8, 4) is 0 Å². The molecule has 0 radical (unpaired) electrons. The van der Waals surface area contributed by atoms with Crippen LogP contribution in [0, 0.1) is 6.92 Å². The van der Waals surface area contributed by atoms with Gasteiger partial charge in [-0.15, -0.1) is 0 Å². The first kappa shape index (κ1) is 16.4. The summed E-state index contributed by atoms with van der Waals surface area (Å²) in [5.74, 6) is 1.73. The number of morpholine rings is 1. The Morgan fingerprint density at radius 2 is 2.25 bits per heavy atom. The highest BCUT2D eigenvalue weighted by molar-refractivity contribution is 5.93. The van der Waals surface area contributed by atoms with Crippen molar-refractivity contribution in [2.24, 2.45) is 0 Å². The fraction of sp³-hybridized carbons (Fsp3) is 0.500. The lowest BCUT2D eigenvalue weighted by Crippen LogP contribution is -2.43. The summed E-state index contributed by atoms with van der Waals surface area (Å²) >= 11 is 0. The van der Waals surface area contributed by atoms with E-state index in [4.69, 9.17) is 9.26 Å². The maximum absolute atomic E-state index is 11.8. The van der Waals surface area contributed by atoms with Crippen molar-refractivity contribution in [2.45, 2.75) is 33.0 Å². The third-order valence-electron chi connectivity index (χ3n) is 3.75. The molecule has 0 saturated carbocycles. The molecular weight excluding hydrogens is 310 g/mol. The molecule has 1 aliphatic heterocycles. The molecule has 2 aromatic heterocycles. The summed E-state index contributed by atoms with van der Waals surface area (Å²) in [6, 6.07) is 3.62. The number of nitrogens with zero attached hydrogens (tertiary/aromatic N) is 4. The highest BCUT2D eigenvalue weighted by atomic mass is 16.5. The summed E-state index contributed by atoms with van der Waals surface area (Å²) in [5, 5.41) is 6.58. The lowest BCUT2D eigenvalue weighted by molar-refractivity contribution is -0.0333. The first-order valence-corrected chi connectivity index (χ1v) is 8.01. The van der Waals surface area contributed by atoms with Crippen LogP contribution in [0.25, 0.3) is 0 Å². The molecule has 2 aromatic rings. The van der Waals surface area contributed by atoms with Crippen LogP contribution in [0.2, 0.25) is 0 Å². The van der Waals surface area contributed by atoms with Gasteiger partial charge < -0.3 is 19.5 Å². The van der Waals surface area contributed by atoms with Gasteiger partial charge in [0, 0.05) is 19.3 Å². The van der Waals surface area contributed by atoms with Crippen molar-refractivity contribution in [3.63, 3.8) is 0 Å². The quantitative estimate of drug-likeness (QED) is 0.907. The number of hydrogen-bond acceptors (Lipinski definition) is 7. The van der Waals surface area contributed by atoms with E-state index in [0.717, 1.165) is 5.82 Å². The van der Waals surface area contributed by atoms with Gasteiger partial charge in [0.05, 0.1) is 18.2 Å². The third-order valence-corrected chi connectivity index (χ3v) is 3.75. The Balaban J connectivity index is 1.74. The molecule has 1 fully saturated rings. The SMILES string of the molecule is CCNC(=O)c1ccc(N2C[C@@H](C)O[C@@H](c3nc(C)no3)C2)nc1. The normalized spacial score (nSPS) is 20.9. The lowest BCUT2D eigenvalue weighted by atomic mass is 10.2. The molecule has 1 amide bonds. The van der Waals surface area contributed by atoms with Gasteiger partial charge in [0.15, 0.2) is 11.9 Å². The zero-order valence-electron chi connectivity index (χ0n) is 14.0. The van der Waals surface area contributed by atoms with E-state index in [1.165, 1.54) is 0 Å². The zero-order chi connectivity index (χ0) is 17.1. The van der Waals surface area contributed by atoms with Crippen LogP contribution in [0.5, 0.6) is 0 Å². The second kappa shape index (κ2) is 6.96. The van der Waals surface area contributed by atoms with Crippen LogP contribution < -0.4 is 10.2 Å². The van der Waals surface area contributed by atoms with E-state index in [9.17, 15) is 4.79 Å². The molecule has 1 N–H and O–H groups in total. The van der Waals surface area contributed by atoms with Crippen molar-refractivity contribution in [1.29, 1.82) is 0 Å². The molecule has 1 saturated heterocycles. The maximum atomic E-state index is 11.8. The minimum absolute atomic E-state index is 0.000762. The average Bonchev–Trinajstić information content (AvgIpc) is 3.01. The number of aryl methyl sites for hydroxylation is 1. The van der Waals surface area contributed by atoms with E-state index >= 15 is 0 Å². The molecule has 8 nitrogen and oxygen atoms in total. The lowest BCUT2D eigenvalue weighted by Gasteiger charge is -2.36. The van der Waals surface area contributed by atoms with Gasteiger partial charge in [-0.25, -0.2) is 4.98 Å². The fourth-order valence-electron chi connectivity index (χ4n) is 2.69. The van der Waals surface area contributed by atoms with Crippen molar-refractivity contribution in [2.75, 3.05) is 24.5 Å². The summed E-state index contributed by atoms with van der Waals surface area (Å²) in [7, 11) is 0. The number of pyridine rings is 1. The number of rotatable bonds is 4. The van der Waals surface area contributed by atoms with Crippen LogP contribution in [-0.4, -0.2) is 46.8 Å². The van der Waals surface area contributed by atoms with E-state index in [0.29, 0.717) is 36.9 Å². The third kappa shape index (κ3) is 3.53. The van der Waals surface area contributed by atoms with Crippen LogP contribution in [0.3, 0.4) is 0 Å². The molecule has 0 aromatic carbocycles. The molecule has 128 valence electrons. The van der Waals surface area contributed by atoms with E-state index in [1.54, 1.807) is 19.2 Å². The van der Waals surface area contributed by atoms with Gasteiger partial charge in [-0.1, -0.05) is 5.16 Å². The van der Waals surface area contributed by atoms with Crippen LogP contribution in [-0.2, 0) is 4.74 Å². The van der Waals surface area contributed by atoms with Crippen LogP contribution >= 0.6 is 0 Å². The summed E-state index contributed by atoms with van der Waals surface area (Å²) in [6.45, 7) is 7.52. The Hall–Kier alpha value is -2.48. The predicted molar refractivity (Wildman–Crippen MR) is 86.8 cm³/mol. The average molecular weight is 331 g/mol. The standard InChI is InChI=1S/C16H21N5O3/c1-4-17-15(22)12-5-6-14(18-7-12)21-8-10(2)23-13(9-21)16-19-11(3)20-24-16/h5-7,10,13H,4,8-9H2,1-3H3,(H,17,22)/t10-,13-/m1/s1. The second-order valence-electron chi connectivity index (χ2n) is 5.78. The van der Waals surface area contributed by atoms with E-state index in [1.807, 2.05) is 19.9 Å². The van der Waals surface area contributed by atoms with E-state index in [2.05, 4.69) is 25.3 Å². The van der Waals surface area contributed by atoms with Crippen LogP contribution in [0.15, 0.2) is 22.9 Å². The highest BCUT2D eigenvalue weighted by Crippen LogP contribution is 2.27. The van der Waals surface area contributed by atoms with Gasteiger partial charge in [0.2, 0.25) is 0 Å². The Labute approximate surface area is 140 Å². The molecule has 8 heteroatoms. The number of ether oxygens (including phenoxy) is 1. The first-order chi connectivity index (χ1) is 11.6. The van der Waals surface area contributed by atoms with E-state index < -0.39 is 0 Å². The van der Waals surface area contributed by atoms with E-state index in [-0.39, 0.29) is 18.1 Å². The Kier molecular flexibility index (Phi) is 4.75. The molecular formula is C16H21N5O3. The Bertz CT molecular complexity index is 700.